The molecule has 3 saturated carbocycles. The van der Waals surface area contributed by atoms with Crippen LogP contribution >= 0.6 is 0 Å². The van der Waals surface area contributed by atoms with Crippen LogP contribution < -0.4 is 16.4 Å². The van der Waals surface area contributed by atoms with Gasteiger partial charge in [-0.05, 0) is 136 Å². The fourth-order valence-corrected chi connectivity index (χ4v) is 9.70. The summed E-state index contributed by atoms with van der Waals surface area (Å²) in [6, 6.07) is 0. The van der Waals surface area contributed by atoms with Crippen molar-refractivity contribution in [3.63, 3.8) is 0 Å². The topological polar surface area (TPSA) is 76.4 Å². The number of fused-ring (bicyclic) bond motifs is 5. The summed E-state index contributed by atoms with van der Waals surface area (Å²) in [6.07, 6.45) is 20.5. The number of rotatable bonds is 12. The number of alkyl carbamates (subject to hydrolysis) is 1. The molecule has 4 aliphatic carbocycles. The molecule has 4 unspecified atom stereocenters. The molecule has 1 amide bonds. The summed E-state index contributed by atoms with van der Waals surface area (Å²) in [4.78, 5) is 10.6. The van der Waals surface area contributed by atoms with E-state index in [1.807, 2.05) is 5.57 Å². The Hall–Kier alpha value is -1.07. The third-order valence-corrected chi connectivity index (χ3v) is 12.1. The fraction of sp³-hybridized carbons (Fsp3) is 0.917. The highest BCUT2D eigenvalue weighted by molar-refractivity contribution is 5.66. The molecule has 4 N–H and O–H groups in total. The predicted molar refractivity (Wildman–Crippen MR) is 174 cm³/mol. The number of allylic oxidation sites excluding steroid dienone is 2. The summed E-state index contributed by atoms with van der Waals surface area (Å²) >= 11 is 0. The highest BCUT2D eigenvalue weighted by Gasteiger charge is 2.58. The molecule has 5 nitrogen and oxygen atoms in total. The third-order valence-electron chi connectivity index (χ3n) is 12.1. The van der Waals surface area contributed by atoms with Crippen molar-refractivity contribution in [1.82, 2.24) is 10.6 Å². The van der Waals surface area contributed by atoms with E-state index in [-0.39, 0.29) is 6.09 Å². The van der Waals surface area contributed by atoms with Crippen LogP contribution in [0.3, 0.4) is 0 Å². The maximum absolute atomic E-state index is 10.6. The second kappa shape index (κ2) is 16.1. The van der Waals surface area contributed by atoms with E-state index in [0.717, 1.165) is 67.4 Å². The van der Waals surface area contributed by atoms with Gasteiger partial charge in [0.15, 0.2) is 0 Å². The molecule has 0 bridgehead atoms. The maximum Gasteiger partial charge on any atom is 0.406 e. The third kappa shape index (κ3) is 8.74. The largest absolute Gasteiger partial charge is 0.453 e. The van der Waals surface area contributed by atoms with Crippen LogP contribution in [0.25, 0.3) is 0 Å². The Morgan fingerprint density at radius 1 is 1.00 bits per heavy atom. The van der Waals surface area contributed by atoms with Gasteiger partial charge in [-0.2, -0.15) is 0 Å². The standard InChI is InChI=1S/C28H48.C8H19N3O2/c1-19(2)8-7-9-21(4)24-12-13-25-23-11-10-22-18-20(3)14-16-27(22,5)26(23)15-17-28(24,25)6;1-13-8(12)11-7-3-6-10-5-2-4-9/h10,19-21,23-26H,7-9,11-18H2,1-6H3;10H,2-7,9H2,1H3,(H,11,12)/t20-,21?,23-,24?,25?,26?,27-,28+;/m0./s1. The van der Waals surface area contributed by atoms with Crippen LogP contribution in [0.4, 0.5) is 4.79 Å². The summed E-state index contributed by atoms with van der Waals surface area (Å²) in [7, 11) is 1.36. The van der Waals surface area contributed by atoms with Crippen molar-refractivity contribution in [2.45, 2.75) is 125 Å². The number of nitrogens with two attached hydrogens (primary N) is 1. The Bertz CT molecular complexity index is 828. The summed E-state index contributed by atoms with van der Waals surface area (Å²) < 4.78 is 4.41. The van der Waals surface area contributed by atoms with Crippen molar-refractivity contribution in [3.05, 3.63) is 11.6 Å². The molecule has 4 rings (SSSR count). The molecule has 8 atom stereocenters. The molecule has 0 radical (unpaired) electrons. The number of nitrogens with one attached hydrogen (secondary N) is 2. The number of methoxy groups -OCH3 is 1. The average molecular weight is 574 g/mol. The molecular formula is C36H67N3O2. The molecule has 0 heterocycles. The molecule has 0 aromatic carbocycles. The van der Waals surface area contributed by atoms with Crippen LogP contribution in [0.5, 0.6) is 0 Å². The van der Waals surface area contributed by atoms with Crippen molar-refractivity contribution in [2.75, 3.05) is 33.3 Å². The first-order chi connectivity index (χ1) is 19.6. The van der Waals surface area contributed by atoms with Gasteiger partial charge in [0.05, 0.1) is 7.11 Å². The molecule has 41 heavy (non-hydrogen) atoms. The molecule has 238 valence electrons. The van der Waals surface area contributed by atoms with Gasteiger partial charge in [0, 0.05) is 6.54 Å². The van der Waals surface area contributed by atoms with E-state index < -0.39 is 0 Å². The molecule has 0 saturated heterocycles. The molecule has 4 aliphatic rings. The van der Waals surface area contributed by atoms with Gasteiger partial charge in [-0.3, -0.25) is 0 Å². The van der Waals surface area contributed by atoms with Crippen LogP contribution in [0, 0.1) is 52.3 Å². The molecule has 0 aromatic heterocycles. The highest BCUT2D eigenvalue weighted by atomic mass is 16.5. The average Bonchev–Trinajstić information content (AvgIpc) is 3.30. The van der Waals surface area contributed by atoms with Crippen molar-refractivity contribution >= 4 is 6.09 Å². The Labute approximate surface area is 254 Å². The van der Waals surface area contributed by atoms with Crippen LogP contribution in [0.2, 0.25) is 0 Å². The Balaban J connectivity index is 0.000000302. The Kier molecular flexibility index (Phi) is 13.5. The first-order valence-electron chi connectivity index (χ1n) is 17.5. The lowest BCUT2D eigenvalue weighted by molar-refractivity contribution is -0.0523. The number of hydrogen-bond acceptors (Lipinski definition) is 4. The predicted octanol–water partition coefficient (Wildman–Crippen LogP) is 8.33. The second-order valence-electron chi connectivity index (χ2n) is 15.3. The smallest absolute Gasteiger partial charge is 0.406 e. The number of amides is 1. The van der Waals surface area contributed by atoms with Gasteiger partial charge in [-0.25, -0.2) is 4.79 Å². The first-order valence-corrected chi connectivity index (χ1v) is 17.5. The minimum atomic E-state index is -0.373. The minimum Gasteiger partial charge on any atom is -0.453 e. The van der Waals surface area contributed by atoms with E-state index in [1.165, 1.54) is 77.7 Å². The van der Waals surface area contributed by atoms with E-state index >= 15 is 0 Å². The summed E-state index contributed by atoms with van der Waals surface area (Å²) in [6.45, 7) is 18.4. The van der Waals surface area contributed by atoms with Gasteiger partial charge in [-0.1, -0.05) is 72.5 Å². The molecule has 5 heteroatoms. The summed E-state index contributed by atoms with van der Waals surface area (Å²) in [5, 5.41) is 5.80. The lowest BCUT2D eigenvalue weighted by Gasteiger charge is -2.58. The zero-order valence-electron chi connectivity index (χ0n) is 28.0. The van der Waals surface area contributed by atoms with E-state index in [1.54, 1.807) is 0 Å². The zero-order valence-corrected chi connectivity index (χ0v) is 28.0. The summed E-state index contributed by atoms with van der Waals surface area (Å²) in [5.41, 5.74) is 8.38. The molecule has 3 fully saturated rings. The minimum absolute atomic E-state index is 0.373. The normalized spacial score (nSPS) is 34.9. The number of carbonyl (C=O) groups is 1. The van der Waals surface area contributed by atoms with Crippen molar-refractivity contribution in [1.29, 1.82) is 0 Å². The molecule has 0 aliphatic heterocycles. The highest BCUT2D eigenvalue weighted by Crippen LogP contribution is 2.67. The first kappa shape index (κ1) is 34.4. The van der Waals surface area contributed by atoms with Crippen molar-refractivity contribution < 1.29 is 9.53 Å². The second-order valence-corrected chi connectivity index (χ2v) is 15.3. The van der Waals surface area contributed by atoms with Gasteiger partial charge >= 0.3 is 6.09 Å². The van der Waals surface area contributed by atoms with Gasteiger partial charge in [0.1, 0.15) is 0 Å². The maximum atomic E-state index is 10.6. The van der Waals surface area contributed by atoms with Crippen molar-refractivity contribution in [2.24, 2.45) is 58.0 Å². The van der Waals surface area contributed by atoms with E-state index in [4.69, 9.17) is 5.73 Å². The zero-order chi connectivity index (χ0) is 30.0. The number of carbonyl (C=O) groups excluding carboxylic acids is 1. The SMILES string of the molecule is CC(C)CCCC(C)C1CCC2[C@@H]3CC=C4C[C@@H](C)CC[C@]4(C)C3CC[C@]12C.COC(=O)NCCCNCCCN. The van der Waals surface area contributed by atoms with Gasteiger partial charge in [-0.15, -0.1) is 0 Å². The lowest BCUT2D eigenvalue weighted by atomic mass is 9.46. The van der Waals surface area contributed by atoms with Gasteiger partial charge in [0.25, 0.3) is 0 Å². The van der Waals surface area contributed by atoms with Crippen LogP contribution in [-0.2, 0) is 4.74 Å². The Morgan fingerprint density at radius 3 is 2.46 bits per heavy atom. The van der Waals surface area contributed by atoms with Crippen molar-refractivity contribution in [3.8, 4) is 0 Å². The van der Waals surface area contributed by atoms with E-state index in [0.29, 0.717) is 23.9 Å². The summed E-state index contributed by atoms with van der Waals surface area (Å²) in [5.74, 6) is 6.73. The van der Waals surface area contributed by atoms with E-state index in [2.05, 4.69) is 63.0 Å². The molecular weight excluding hydrogens is 506 g/mol. The Morgan fingerprint density at radius 2 is 1.76 bits per heavy atom. The van der Waals surface area contributed by atoms with Crippen LogP contribution in [0.1, 0.15) is 125 Å². The van der Waals surface area contributed by atoms with Gasteiger partial charge < -0.3 is 21.1 Å². The van der Waals surface area contributed by atoms with Crippen LogP contribution in [0.15, 0.2) is 11.6 Å². The van der Waals surface area contributed by atoms with E-state index in [9.17, 15) is 4.79 Å². The lowest BCUT2D eigenvalue weighted by Crippen LogP contribution is -2.50. The fourth-order valence-electron chi connectivity index (χ4n) is 9.70. The number of hydrogen-bond donors (Lipinski definition) is 3. The van der Waals surface area contributed by atoms with Gasteiger partial charge in [0.2, 0.25) is 0 Å². The number of ether oxygens (including phenoxy) is 1. The monoisotopic (exact) mass is 574 g/mol. The molecule has 0 aromatic rings. The van der Waals surface area contributed by atoms with Crippen LogP contribution in [-0.4, -0.2) is 39.4 Å². The quantitative estimate of drug-likeness (QED) is 0.162. The molecule has 0 spiro atoms.